The maximum absolute atomic E-state index is 11.9. The average molecular weight is 226 g/mol. The molecule has 0 bridgehead atoms. The van der Waals surface area contributed by atoms with Crippen molar-refractivity contribution in [2.75, 3.05) is 6.54 Å². The molecule has 1 fully saturated rings. The second kappa shape index (κ2) is 5.67. The highest BCUT2D eigenvalue weighted by Crippen LogP contribution is 2.30. The summed E-state index contributed by atoms with van der Waals surface area (Å²) in [6, 6.07) is 0. The molecule has 0 aromatic rings. The summed E-state index contributed by atoms with van der Waals surface area (Å²) in [6.07, 6.45) is 5.77. The minimum absolute atomic E-state index is 0.202. The van der Waals surface area contributed by atoms with Gasteiger partial charge >= 0.3 is 0 Å². The van der Waals surface area contributed by atoms with Crippen LogP contribution >= 0.6 is 0 Å². The zero-order chi connectivity index (χ0) is 12.2. The van der Waals surface area contributed by atoms with Gasteiger partial charge in [-0.1, -0.05) is 13.3 Å². The first kappa shape index (κ1) is 13.5. The Morgan fingerprint density at radius 1 is 1.31 bits per heavy atom. The van der Waals surface area contributed by atoms with E-state index < -0.39 is 0 Å². The van der Waals surface area contributed by atoms with Crippen LogP contribution in [0.3, 0.4) is 0 Å². The fraction of sp³-hybridized carbons (Fsp3) is 0.923. The van der Waals surface area contributed by atoms with Crippen molar-refractivity contribution in [3.63, 3.8) is 0 Å². The summed E-state index contributed by atoms with van der Waals surface area (Å²) in [6.45, 7) is 6.67. The van der Waals surface area contributed by atoms with Gasteiger partial charge in [-0.2, -0.15) is 0 Å². The number of nitrogens with one attached hydrogen (secondary N) is 1. The van der Waals surface area contributed by atoms with E-state index in [1.165, 1.54) is 19.3 Å². The lowest BCUT2D eigenvalue weighted by Crippen LogP contribution is -2.47. The molecule has 0 radical (unpaired) electrons. The third-order valence-electron chi connectivity index (χ3n) is 3.51. The molecule has 0 unspecified atom stereocenters. The van der Waals surface area contributed by atoms with E-state index in [9.17, 15) is 4.79 Å². The van der Waals surface area contributed by atoms with Crippen molar-refractivity contribution >= 4 is 5.91 Å². The number of hydrogen-bond donors (Lipinski definition) is 2. The predicted molar refractivity (Wildman–Crippen MR) is 67.0 cm³/mol. The van der Waals surface area contributed by atoms with E-state index in [1.807, 2.05) is 13.8 Å². The molecule has 1 aliphatic rings. The van der Waals surface area contributed by atoms with E-state index in [4.69, 9.17) is 5.73 Å². The van der Waals surface area contributed by atoms with Crippen molar-refractivity contribution in [3.05, 3.63) is 0 Å². The maximum atomic E-state index is 11.9. The van der Waals surface area contributed by atoms with Crippen LogP contribution in [0.4, 0.5) is 0 Å². The number of carbonyl (C=O) groups is 1. The van der Waals surface area contributed by atoms with Gasteiger partial charge in [-0.3, -0.25) is 4.79 Å². The van der Waals surface area contributed by atoms with Gasteiger partial charge in [0, 0.05) is 18.0 Å². The molecule has 1 saturated carbocycles. The quantitative estimate of drug-likeness (QED) is 0.771. The molecule has 0 aromatic carbocycles. The summed E-state index contributed by atoms with van der Waals surface area (Å²) >= 11 is 0. The van der Waals surface area contributed by atoms with Crippen LogP contribution < -0.4 is 11.1 Å². The van der Waals surface area contributed by atoms with Crippen LogP contribution in [0.25, 0.3) is 0 Å². The number of carbonyl (C=O) groups excluding carboxylic acids is 1. The van der Waals surface area contributed by atoms with Crippen LogP contribution in [-0.2, 0) is 4.79 Å². The van der Waals surface area contributed by atoms with Gasteiger partial charge in [0.1, 0.15) is 0 Å². The van der Waals surface area contributed by atoms with E-state index in [0.29, 0.717) is 6.54 Å². The lowest BCUT2D eigenvalue weighted by molar-refractivity contribution is -0.126. The molecule has 0 aromatic heterocycles. The Kier molecular flexibility index (Phi) is 4.78. The number of amides is 1. The van der Waals surface area contributed by atoms with Crippen LogP contribution in [0.5, 0.6) is 0 Å². The molecule has 0 saturated heterocycles. The Morgan fingerprint density at radius 3 is 2.31 bits per heavy atom. The molecule has 3 N–H and O–H groups in total. The van der Waals surface area contributed by atoms with Gasteiger partial charge in [-0.15, -0.1) is 0 Å². The molecule has 1 amide bonds. The number of hydrogen-bond acceptors (Lipinski definition) is 2. The first-order valence-corrected chi connectivity index (χ1v) is 6.49. The summed E-state index contributed by atoms with van der Waals surface area (Å²) < 4.78 is 0. The molecule has 1 rings (SSSR count). The summed E-state index contributed by atoms with van der Waals surface area (Å²) in [4.78, 5) is 11.9. The number of nitrogens with two attached hydrogens (primary N) is 1. The fourth-order valence-electron chi connectivity index (χ4n) is 2.29. The van der Waals surface area contributed by atoms with Crippen molar-refractivity contribution in [2.24, 2.45) is 17.6 Å². The monoisotopic (exact) mass is 226 g/mol. The molecular formula is C13H26N2O. The molecule has 94 valence electrons. The lowest BCUT2D eigenvalue weighted by Gasteiger charge is -2.28. The zero-order valence-corrected chi connectivity index (χ0v) is 10.9. The van der Waals surface area contributed by atoms with E-state index in [-0.39, 0.29) is 17.4 Å². The van der Waals surface area contributed by atoms with Crippen LogP contribution in [0.2, 0.25) is 0 Å². The van der Waals surface area contributed by atoms with Gasteiger partial charge in [0.25, 0.3) is 0 Å². The first-order chi connectivity index (χ1) is 7.42. The summed E-state index contributed by atoms with van der Waals surface area (Å²) in [5.41, 5.74) is 5.53. The van der Waals surface area contributed by atoms with Gasteiger partial charge < -0.3 is 11.1 Å². The van der Waals surface area contributed by atoms with Crippen LogP contribution in [0.15, 0.2) is 0 Å². The van der Waals surface area contributed by atoms with Crippen molar-refractivity contribution in [2.45, 2.75) is 58.4 Å². The van der Waals surface area contributed by atoms with Gasteiger partial charge in [-0.25, -0.2) is 0 Å². The third-order valence-corrected chi connectivity index (χ3v) is 3.51. The third kappa shape index (κ3) is 4.52. The van der Waals surface area contributed by atoms with Crippen molar-refractivity contribution in [3.8, 4) is 0 Å². The van der Waals surface area contributed by atoms with Crippen molar-refractivity contribution in [1.82, 2.24) is 5.32 Å². The molecule has 3 nitrogen and oxygen atoms in total. The van der Waals surface area contributed by atoms with Gasteiger partial charge in [0.2, 0.25) is 5.91 Å². The zero-order valence-electron chi connectivity index (χ0n) is 10.9. The molecule has 16 heavy (non-hydrogen) atoms. The standard InChI is InChI=1S/C13H26N2O/c1-4-10-5-7-11(8-6-10)12(16)15-9-13(2,3)14/h10-11H,4-9,14H2,1-3H3,(H,15,16). The highest BCUT2D eigenvalue weighted by Gasteiger charge is 2.26. The summed E-state index contributed by atoms with van der Waals surface area (Å²) in [5, 5.41) is 2.96. The van der Waals surface area contributed by atoms with Crippen LogP contribution in [0.1, 0.15) is 52.9 Å². The Labute approximate surface area is 99.2 Å². The van der Waals surface area contributed by atoms with E-state index in [0.717, 1.165) is 18.8 Å². The molecule has 1 aliphatic carbocycles. The van der Waals surface area contributed by atoms with Gasteiger partial charge in [0.05, 0.1) is 0 Å². The SMILES string of the molecule is CCC1CCC(C(=O)NCC(C)(C)N)CC1. The topological polar surface area (TPSA) is 55.1 Å². The molecule has 3 heteroatoms. The Balaban J connectivity index is 2.28. The molecule has 0 heterocycles. The lowest BCUT2D eigenvalue weighted by atomic mass is 9.80. The largest absolute Gasteiger partial charge is 0.354 e. The highest BCUT2D eigenvalue weighted by atomic mass is 16.1. The highest BCUT2D eigenvalue weighted by molar-refractivity contribution is 5.78. The minimum Gasteiger partial charge on any atom is -0.354 e. The Bertz CT molecular complexity index is 225. The van der Waals surface area contributed by atoms with Crippen LogP contribution in [0, 0.1) is 11.8 Å². The fourth-order valence-corrected chi connectivity index (χ4v) is 2.29. The summed E-state index contributed by atoms with van der Waals surface area (Å²) in [5.74, 6) is 1.27. The van der Waals surface area contributed by atoms with E-state index >= 15 is 0 Å². The Hall–Kier alpha value is -0.570. The van der Waals surface area contributed by atoms with Crippen molar-refractivity contribution in [1.29, 1.82) is 0 Å². The number of rotatable bonds is 4. The average Bonchev–Trinajstić information content (AvgIpc) is 2.25. The predicted octanol–water partition coefficient (Wildman–Crippen LogP) is 2.06. The van der Waals surface area contributed by atoms with E-state index in [1.54, 1.807) is 0 Å². The normalized spacial score (nSPS) is 26.5. The molecular weight excluding hydrogens is 200 g/mol. The Morgan fingerprint density at radius 2 is 1.88 bits per heavy atom. The van der Waals surface area contributed by atoms with E-state index in [2.05, 4.69) is 12.2 Å². The molecule has 0 aliphatic heterocycles. The molecule has 0 spiro atoms. The minimum atomic E-state index is -0.309. The summed E-state index contributed by atoms with van der Waals surface area (Å²) in [7, 11) is 0. The smallest absolute Gasteiger partial charge is 0.223 e. The second-order valence-electron chi connectivity index (χ2n) is 5.83. The van der Waals surface area contributed by atoms with Gasteiger partial charge in [-0.05, 0) is 45.4 Å². The first-order valence-electron chi connectivity index (χ1n) is 6.49. The maximum Gasteiger partial charge on any atom is 0.223 e. The van der Waals surface area contributed by atoms with Gasteiger partial charge in [0.15, 0.2) is 0 Å². The molecule has 0 atom stereocenters. The second-order valence-corrected chi connectivity index (χ2v) is 5.83. The van der Waals surface area contributed by atoms with Crippen LogP contribution in [-0.4, -0.2) is 18.0 Å². The van der Waals surface area contributed by atoms with Crippen molar-refractivity contribution < 1.29 is 4.79 Å².